The maximum Gasteiger partial charge on any atom is 0.171 e. The van der Waals surface area contributed by atoms with Crippen molar-refractivity contribution in [2.24, 2.45) is 0 Å². The highest BCUT2D eigenvalue weighted by Gasteiger charge is 2.34. The molecule has 0 spiro atoms. The van der Waals surface area contributed by atoms with Gasteiger partial charge in [0.2, 0.25) is 0 Å². The van der Waals surface area contributed by atoms with E-state index in [-0.39, 0.29) is 11.6 Å². The second-order valence-corrected chi connectivity index (χ2v) is 7.39. The Balaban J connectivity index is 1.74. The van der Waals surface area contributed by atoms with Crippen molar-refractivity contribution in [3.8, 4) is 11.5 Å². The number of thiocarbonyl (C=S) groups is 1. The van der Waals surface area contributed by atoms with E-state index >= 15 is 0 Å². The molecule has 1 heterocycles. The summed E-state index contributed by atoms with van der Waals surface area (Å²) in [5.41, 5.74) is 3.05. The lowest BCUT2D eigenvalue weighted by molar-refractivity contribution is 0.0696. The lowest BCUT2D eigenvalue weighted by Crippen LogP contribution is -2.42. The normalized spacial score (nSPS) is 17.8. The van der Waals surface area contributed by atoms with E-state index in [0.29, 0.717) is 5.11 Å². The summed E-state index contributed by atoms with van der Waals surface area (Å²) < 4.78 is 11.3. The molecule has 4 nitrogen and oxygen atoms in total. The molecule has 1 aliphatic heterocycles. The Morgan fingerprint density at radius 3 is 2.60 bits per heavy atom. The van der Waals surface area contributed by atoms with Crippen LogP contribution in [0.15, 0.2) is 42.5 Å². The zero-order valence-electron chi connectivity index (χ0n) is 15.1. The molecule has 0 radical (unpaired) electrons. The van der Waals surface area contributed by atoms with Gasteiger partial charge in [-0.1, -0.05) is 17.7 Å². The molecular formula is C20H24N2O2S. The summed E-state index contributed by atoms with van der Waals surface area (Å²) in [6.07, 6.45) is 0.841. The minimum absolute atomic E-state index is 0.108. The summed E-state index contributed by atoms with van der Waals surface area (Å²) in [6.45, 7) is 6.29. The largest absolute Gasteiger partial charge is 0.497 e. The van der Waals surface area contributed by atoms with E-state index in [1.54, 1.807) is 7.11 Å². The van der Waals surface area contributed by atoms with Gasteiger partial charge in [-0.15, -0.1) is 0 Å². The average Bonchev–Trinajstić information content (AvgIpc) is 2.55. The number of aryl methyl sites for hydroxylation is 1. The number of nitrogens with one attached hydrogen (secondary N) is 2. The first kappa shape index (κ1) is 17.5. The zero-order valence-corrected chi connectivity index (χ0v) is 15.9. The molecule has 2 aromatic rings. The number of fused-ring (bicyclic) bond motifs is 1. The summed E-state index contributed by atoms with van der Waals surface area (Å²) in [7, 11) is 1.65. The predicted octanol–water partition coefficient (Wildman–Crippen LogP) is 4.59. The third kappa shape index (κ3) is 4.23. The first-order valence-electron chi connectivity index (χ1n) is 8.37. The van der Waals surface area contributed by atoms with E-state index in [4.69, 9.17) is 21.7 Å². The van der Waals surface area contributed by atoms with Gasteiger partial charge in [0.25, 0.3) is 0 Å². The van der Waals surface area contributed by atoms with Crippen LogP contribution in [-0.4, -0.2) is 17.8 Å². The molecule has 132 valence electrons. The molecule has 3 rings (SSSR count). The third-order valence-electron chi connectivity index (χ3n) is 4.28. The molecule has 0 saturated heterocycles. The molecule has 0 saturated carbocycles. The fourth-order valence-corrected chi connectivity index (χ4v) is 3.36. The van der Waals surface area contributed by atoms with Gasteiger partial charge in [-0.2, -0.15) is 0 Å². The van der Waals surface area contributed by atoms with Crippen LogP contribution in [-0.2, 0) is 0 Å². The molecule has 0 unspecified atom stereocenters. The van der Waals surface area contributed by atoms with Crippen molar-refractivity contribution in [1.29, 1.82) is 0 Å². The molecule has 0 fully saturated rings. The third-order valence-corrected chi connectivity index (χ3v) is 4.50. The minimum atomic E-state index is -0.240. The lowest BCUT2D eigenvalue weighted by Gasteiger charge is -2.38. The Kier molecular flexibility index (Phi) is 4.86. The molecule has 2 N–H and O–H groups in total. The highest BCUT2D eigenvalue weighted by Crippen LogP contribution is 2.39. The van der Waals surface area contributed by atoms with Crippen LogP contribution in [0.2, 0.25) is 0 Å². The van der Waals surface area contributed by atoms with Crippen LogP contribution >= 0.6 is 12.2 Å². The van der Waals surface area contributed by atoms with Crippen LogP contribution in [0.1, 0.15) is 37.4 Å². The van der Waals surface area contributed by atoms with E-state index in [9.17, 15) is 0 Å². The summed E-state index contributed by atoms with van der Waals surface area (Å²) in [5, 5.41) is 7.28. The number of hydrogen-bond acceptors (Lipinski definition) is 3. The number of benzene rings is 2. The summed E-state index contributed by atoms with van der Waals surface area (Å²) in [5.74, 6) is 1.74. The minimum Gasteiger partial charge on any atom is -0.497 e. The molecule has 0 bridgehead atoms. The summed E-state index contributed by atoms with van der Waals surface area (Å²) in [4.78, 5) is 0. The fourth-order valence-electron chi connectivity index (χ4n) is 3.10. The standard InChI is InChI=1S/C20H24N2O2S/c1-13-5-10-18-16(11-13)17(12-20(2,3)24-18)22-19(25)21-14-6-8-15(23-4)9-7-14/h5-11,17H,12H2,1-4H3,(H2,21,22,25)/t17-/m1/s1. The van der Waals surface area contributed by atoms with Crippen LogP contribution in [0, 0.1) is 6.92 Å². The van der Waals surface area contributed by atoms with E-state index in [1.165, 1.54) is 5.56 Å². The van der Waals surface area contributed by atoms with Crippen molar-refractivity contribution in [2.75, 3.05) is 12.4 Å². The van der Waals surface area contributed by atoms with E-state index < -0.39 is 0 Å². The lowest BCUT2D eigenvalue weighted by atomic mass is 9.89. The van der Waals surface area contributed by atoms with Crippen molar-refractivity contribution in [1.82, 2.24) is 5.32 Å². The Bertz CT molecular complexity index is 772. The van der Waals surface area contributed by atoms with Crippen LogP contribution in [0.4, 0.5) is 5.69 Å². The van der Waals surface area contributed by atoms with Gasteiger partial charge in [0, 0.05) is 17.7 Å². The van der Waals surface area contributed by atoms with Crippen molar-refractivity contribution in [3.05, 3.63) is 53.6 Å². The topological polar surface area (TPSA) is 42.5 Å². The van der Waals surface area contributed by atoms with Crippen molar-refractivity contribution in [3.63, 3.8) is 0 Å². The Hall–Kier alpha value is -2.27. The maximum absolute atomic E-state index is 6.11. The van der Waals surface area contributed by atoms with E-state index in [0.717, 1.165) is 29.2 Å². The Labute approximate surface area is 154 Å². The number of ether oxygens (including phenoxy) is 2. The van der Waals surface area contributed by atoms with E-state index in [2.05, 4.69) is 43.5 Å². The molecule has 1 atom stereocenters. The highest BCUT2D eigenvalue weighted by atomic mass is 32.1. The molecular weight excluding hydrogens is 332 g/mol. The quantitative estimate of drug-likeness (QED) is 0.787. The van der Waals surface area contributed by atoms with Gasteiger partial charge >= 0.3 is 0 Å². The second-order valence-electron chi connectivity index (χ2n) is 6.99. The van der Waals surface area contributed by atoms with Gasteiger partial charge in [-0.3, -0.25) is 0 Å². The van der Waals surface area contributed by atoms with Crippen LogP contribution in [0.5, 0.6) is 11.5 Å². The molecule has 25 heavy (non-hydrogen) atoms. The smallest absolute Gasteiger partial charge is 0.171 e. The van der Waals surface area contributed by atoms with Gasteiger partial charge < -0.3 is 20.1 Å². The monoisotopic (exact) mass is 356 g/mol. The fraction of sp³-hybridized carbons (Fsp3) is 0.350. The Morgan fingerprint density at radius 2 is 1.92 bits per heavy atom. The molecule has 0 amide bonds. The van der Waals surface area contributed by atoms with Gasteiger partial charge in [-0.25, -0.2) is 0 Å². The Morgan fingerprint density at radius 1 is 1.20 bits per heavy atom. The van der Waals surface area contributed by atoms with Crippen LogP contribution < -0.4 is 20.1 Å². The first-order chi connectivity index (χ1) is 11.9. The predicted molar refractivity (Wildman–Crippen MR) is 106 cm³/mol. The van der Waals surface area contributed by atoms with Gasteiger partial charge in [0.15, 0.2) is 5.11 Å². The molecule has 0 aliphatic carbocycles. The molecule has 0 aromatic heterocycles. The van der Waals surface area contributed by atoms with Crippen molar-refractivity contribution < 1.29 is 9.47 Å². The van der Waals surface area contributed by atoms with Gasteiger partial charge in [0.05, 0.1) is 13.2 Å². The zero-order chi connectivity index (χ0) is 18.0. The number of methoxy groups -OCH3 is 1. The summed E-state index contributed by atoms with van der Waals surface area (Å²) in [6, 6.07) is 14.1. The SMILES string of the molecule is COc1ccc(NC(=S)N[C@@H]2CC(C)(C)Oc3ccc(C)cc32)cc1. The first-order valence-corrected chi connectivity index (χ1v) is 8.78. The van der Waals surface area contributed by atoms with Gasteiger partial charge in [-0.05, 0) is 63.3 Å². The molecule has 1 aliphatic rings. The van der Waals surface area contributed by atoms with Crippen LogP contribution in [0.3, 0.4) is 0 Å². The van der Waals surface area contributed by atoms with Gasteiger partial charge in [0.1, 0.15) is 17.1 Å². The molecule has 5 heteroatoms. The van der Waals surface area contributed by atoms with E-state index in [1.807, 2.05) is 30.3 Å². The van der Waals surface area contributed by atoms with Crippen LogP contribution in [0.25, 0.3) is 0 Å². The number of rotatable bonds is 3. The highest BCUT2D eigenvalue weighted by molar-refractivity contribution is 7.80. The summed E-state index contributed by atoms with van der Waals surface area (Å²) >= 11 is 5.52. The number of anilines is 1. The van der Waals surface area contributed by atoms with Crippen molar-refractivity contribution >= 4 is 23.0 Å². The second kappa shape index (κ2) is 6.92. The average molecular weight is 356 g/mol. The van der Waals surface area contributed by atoms with Crippen molar-refractivity contribution in [2.45, 2.75) is 38.8 Å². The number of hydrogen-bond donors (Lipinski definition) is 2. The maximum atomic E-state index is 6.11. The molecule has 2 aromatic carbocycles.